The van der Waals surface area contributed by atoms with E-state index in [1.54, 1.807) is 0 Å². The third kappa shape index (κ3) is 1.56. The van der Waals surface area contributed by atoms with Gasteiger partial charge >= 0.3 is 0 Å². The largest absolute Gasteiger partial charge is 0.133 e. The molecule has 2 heterocycles. The molecule has 2 rings (SSSR count). The van der Waals surface area contributed by atoms with E-state index in [-0.39, 0.29) is 0 Å². The minimum absolute atomic E-state index is 0.973. The molecule has 2 heteroatoms. The van der Waals surface area contributed by atoms with Gasteiger partial charge in [-0.2, -0.15) is 0 Å². The average molecular weight is 220 g/mol. The van der Waals surface area contributed by atoms with Crippen molar-refractivity contribution in [1.29, 1.82) is 0 Å². The smallest absolute Gasteiger partial charge is 0.0870 e. The lowest BCUT2D eigenvalue weighted by molar-refractivity contribution is 1.29. The van der Waals surface area contributed by atoms with Gasteiger partial charge in [-0.3, -0.25) is 0 Å². The first kappa shape index (κ1) is 9.69. The van der Waals surface area contributed by atoms with Crippen LogP contribution in [0, 0.1) is 0 Å². The van der Waals surface area contributed by atoms with Crippen LogP contribution in [0.2, 0.25) is 0 Å². The van der Waals surface area contributed by atoms with Crippen molar-refractivity contribution in [3.05, 3.63) is 47.2 Å². The summed E-state index contributed by atoms with van der Waals surface area (Å²) in [4.78, 5) is 0. The van der Waals surface area contributed by atoms with E-state index in [9.17, 15) is 0 Å². The minimum Gasteiger partial charge on any atom is -0.133 e. The zero-order chi connectivity index (χ0) is 9.97. The molecule has 0 N–H and O–H groups in total. The van der Waals surface area contributed by atoms with Crippen LogP contribution in [0.3, 0.4) is 0 Å². The molecular formula is C12H12S2. The van der Waals surface area contributed by atoms with E-state index in [2.05, 4.69) is 23.9 Å². The fraction of sp³-hybridized carbons (Fsp3) is 0.167. The van der Waals surface area contributed by atoms with Gasteiger partial charge in [0.15, 0.2) is 0 Å². The summed E-state index contributed by atoms with van der Waals surface area (Å²) in [5, 5.41) is 5.94. The first-order valence-corrected chi connectivity index (χ1v) is 6.31. The van der Waals surface area contributed by atoms with Gasteiger partial charge in [-0.25, -0.2) is 0 Å². The van der Waals surface area contributed by atoms with Crippen molar-refractivity contribution < 1.29 is 0 Å². The second-order valence-corrected chi connectivity index (χ2v) is 5.19. The second-order valence-electron chi connectivity index (χ2n) is 3.17. The Hall–Kier alpha value is -0.860. The first-order valence-electron chi connectivity index (χ1n) is 4.55. The monoisotopic (exact) mass is 220 g/mol. The van der Waals surface area contributed by atoms with Gasteiger partial charge < -0.3 is 0 Å². The highest BCUT2D eigenvalue weighted by molar-refractivity contribution is 7.37. The molecule has 2 aromatic rings. The first-order chi connectivity index (χ1) is 6.86. The molecule has 14 heavy (non-hydrogen) atoms. The molecule has 0 aliphatic rings. The van der Waals surface area contributed by atoms with Gasteiger partial charge in [0.1, 0.15) is 0 Å². The van der Waals surface area contributed by atoms with Gasteiger partial charge in [0.25, 0.3) is 0 Å². The highest BCUT2D eigenvalue weighted by atomic mass is 32.2. The lowest BCUT2D eigenvalue weighted by Gasteiger charge is -1.95. The maximum Gasteiger partial charge on any atom is 0.0870 e. The molecule has 2 aromatic heterocycles. The Bertz CT molecular complexity index is 420. The summed E-state index contributed by atoms with van der Waals surface area (Å²) < 4.78 is 1.43. The second kappa shape index (κ2) is 4.11. The Morgan fingerprint density at radius 2 is 1.50 bits per heavy atom. The summed E-state index contributed by atoms with van der Waals surface area (Å²) in [6, 6.07) is 0. The molecule has 0 amide bonds. The van der Waals surface area contributed by atoms with Crippen LogP contribution in [0.25, 0.3) is 9.40 Å². The summed E-state index contributed by atoms with van der Waals surface area (Å²) in [5.74, 6) is 0. The molecule has 0 saturated heterocycles. The number of hydrogen-bond donors (Lipinski definition) is 0. The van der Waals surface area contributed by atoms with Crippen molar-refractivity contribution in [2.45, 2.75) is 12.8 Å². The van der Waals surface area contributed by atoms with E-state index >= 15 is 0 Å². The topological polar surface area (TPSA) is 0 Å². The Balaban J connectivity index is 2.54. The molecule has 72 valence electrons. The number of hydrogen-bond acceptors (Lipinski definition) is 2. The van der Waals surface area contributed by atoms with Crippen molar-refractivity contribution in [2.75, 3.05) is 0 Å². The lowest BCUT2D eigenvalue weighted by Crippen LogP contribution is -1.81. The fourth-order valence-corrected chi connectivity index (χ4v) is 3.79. The summed E-state index contributed by atoms with van der Waals surface area (Å²) in [6.07, 6.45) is 5.88. The quantitative estimate of drug-likeness (QED) is 0.669. The highest BCUT2D eigenvalue weighted by Crippen LogP contribution is 2.35. The molecule has 0 fully saturated rings. The molecule has 0 bridgehead atoms. The summed E-state index contributed by atoms with van der Waals surface area (Å²) >= 11 is 3.67. The van der Waals surface area contributed by atoms with Crippen molar-refractivity contribution in [2.24, 2.45) is 0 Å². The number of fused-ring (bicyclic) bond motifs is 1. The van der Waals surface area contributed by atoms with Crippen LogP contribution in [0.4, 0.5) is 0 Å². The SMILES string of the molecule is C=CCc1csc2scc(CC=C)c12. The van der Waals surface area contributed by atoms with Gasteiger partial charge in [0, 0.05) is 5.39 Å². The van der Waals surface area contributed by atoms with Crippen LogP contribution < -0.4 is 0 Å². The van der Waals surface area contributed by atoms with Crippen LogP contribution in [-0.4, -0.2) is 0 Å². The lowest BCUT2D eigenvalue weighted by atomic mass is 10.1. The van der Waals surface area contributed by atoms with Crippen LogP contribution in [-0.2, 0) is 12.8 Å². The minimum atomic E-state index is 0.973. The third-order valence-electron chi connectivity index (χ3n) is 2.19. The standard InChI is InChI=1S/C12H12S2/c1-3-5-9-7-13-12-11(9)10(6-4-2)8-14-12/h3-4,7-8H,1-2,5-6H2. The Labute approximate surface area is 92.2 Å². The number of allylic oxidation sites excluding steroid dienone is 2. The average Bonchev–Trinajstić information content (AvgIpc) is 2.72. The number of rotatable bonds is 4. The van der Waals surface area contributed by atoms with Crippen LogP contribution in [0.15, 0.2) is 36.1 Å². The van der Waals surface area contributed by atoms with Crippen molar-refractivity contribution in [3.63, 3.8) is 0 Å². The predicted molar refractivity (Wildman–Crippen MR) is 67.5 cm³/mol. The molecule has 0 aromatic carbocycles. The zero-order valence-electron chi connectivity index (χ0n) is 7.95. The van der Waals surface area contributed by atoms with Crippen LogP contribution in [0.5, 0.6) is 0 Å². The van der Waals surface area contributed by atoms with Gasteiger partial charge in [-0.15, -0.1) is 35.8 Å². The maximum atomic E-state index is 3.79. The molecule has 0 atom stereocenters. The Morgan fingerprint density at radius 3 is 1.93 bits per heavy atom. The van der Waals surface area contributed by atoms with E-state index in [0.717, 1.165) is 12.8 Å². The van der Waals surface area contributed by atoms with E-state index in [0.29, 0.717) is 0 Å². The van der Waals surface area contributed by atoms with Crippen molar-refractivity contribution in [1.82, 2.24) is 0 Å². The van der Waals surface area contributed by atoms with Crippen LogP contribution in [0.1, 0.15) is 11.1 Å². The van der Waals surface area contributed by atoms with Gasteiger partial charge in [0.05, 0.1) is 4.01 Å². The van der Waals surface area contributed by atoms with Gasteiger partial charge in [-0.1, -0.05) is 12.2 Å². The van der Waals surface area contributed by atoms with E-state index in [4.69, 9.17) is 0 Å². The van der Waals surface area contributed by atoms with E-state index in [1.165, 1.54) is 20.5 Å². The summed E-state index contributed by atoms with van der Waals surface area (Å²) in [5.41, 5.74) is 2.83. The van der Waals surface area contributed by atoms with Gasteiger partial charge in [0.2, 0.25) is 0 Å². The van der Waals surface area contributed by atoms with E-state index in [1.807, 2.05) is 34.8 Å². The molecule has 0 saturated carbocycles. The van der Waals surface area contributed by atoms with Gasteiger partial charge in [-0.05, 0) is 34.7 Å². The molecular weight excluding hydrogens is 208 g/mol. The molecule has 0 unspecified atom stereocenters. The molecule has 0 spiro atoms. The molecule has 0 aliphatic heterocycles. The Morgan fingerprint density at radius 1 is 1.00 bits per heavy atom. The molecule has 0 nitrogen and oxygen atoms in total. The summed E-state index contributed by atoms with van der Waals surface area (Å²) in [6.45, 7) is 7.58. The maximum absolute atomic E-state index is 3.79. The van der Waals surface area contributed by atoms with Crippen LogP contribution >= 0.6 is 22.7 Å². The molecule has 0 radical (unpaired) electrons. The summed E-state index contributed by atoms with van der Waals surface area (Å²) in [7, 11) is 0. The normalized spacial score (nSPS) is 10.6. The number of thiophene rings is 2. The zero-order valence-corrected chi connectivity index (χ0v) is 9.59. The fourth-order valence-electron chi connectivity index (χ4n) is 1.59. The molecule has 0 aliphatic carbocycles. The third-order valence-corrected chi connectivity index (χ3v) is 4.41. The predicted octanol–water partition coefficient (Wildman–Crippen LogP) is 4.42. The van der Waals surface area contributed by atoms with Crippen molar-refractivity contribution >= 4 is 32.1 Å². The van der Waals surface area contributed by atoms with E-state index < -0.39 is 0 Å². The Kier molecular flexibility index (Phi) is 2.85. The van der Waals surface area contributed by atoms with Crippen molar-refractivity contribution in [3.8, 4) is 0 Å². The highest BCUT2D eigenvalue weighted by Gasteiger charge is 2.08.